The Morgan fingerprint density at radius 2 is 1.95 bits per heavy atom. The Morgan fingerprint density at radius 1 is 1.30 bits per heavy atom. The second-order valence-electron chi connectivity index (χ2n) is 4.15. The van der Waals surface area contributed by atoms with E-state index in [1.807, 2.05) is 38.1 Å². The van der Waals surface area contributed by atoms with Crippen LogP contribution in [-0.2, 0) is 4.74 Å². The molecule has 2 aromatic rings. The number of aryl methyl sites for hydroxylation is 2. The van der Waals surface area contributed by atoms with Gasteiger partial charge in [-0.3, -0.25) is 0 Å². The number of hydrogen-bond donors (Lipinski definition) is 1. The zero-order chi connectivity index (χ0) is 13.8. The molecule has 0 bridgehead atoms. The molecule has 1 aromatic heterocycles. The van der Waals surface area contributed by atoms with Crippen molar-refractivity contribution in [2.24, 2.45) is 0 Å². The number of halogens is 1. The van der Waals surface area contributed by atoms with Gasteiger partial charge in [-0.25, -0.2) is 9.78 Å². The van der Waals surface area contributed by atoms with Crippen LogP contribution in [-0.4, -0.2) is 17.6 Å². The quantitative estimate of drug-likeness (QED) is 0.863. The summed E-state index contributed by atoms with van der Waals surface area (Å²) in [5.41, 5.74) is 2.85. The van der Waals surface area contributed by atoms with Crippen LogP contribution in [0.15, 0.2) is 24.3 Å². The van der Waals surface area contributed by atoms with Crippen molar-refractivity contribution in [2.45, 2.75) is 20.8 Å². The molecule has 0 aliphatic heterocycles. The predicted molar refractivity (Wildman–Crippen MR) is 84.5 cm³/mol. The molecule has 1 aromatic carbocycles. The first-order valence-corrected chi connectivity index (χ1v) is 6.90. The minimum atomic E-state index is -0.311. The van der Waals surface area contributed by atoms with Gasteiger partial charge in [0.25, 0.3) is 0 Å². The number of hydrogen-bond acceptors (Lipinski definition) is 5. The number of rotatable bonds is 4. The first kappa shape index (κ1) is 16.5. The first-order valence-electron chi connectivity index (χ1n) is 6.08. The summed E-state index contributed by atoms with van der Waals surface area (Å²) in [4.78, 5) is 16.6. The van der Waals surface area contributed by atoms with Crippen molar-refractivity contribution < 1.29 is 9.53 Å². The molecule has 6 heteroatoms. The molecule has 20 heavy (non-hydrogen) atoms. The normalized spacial score (nSPS) is 9.75. The van der Waals surface area contributed by atoms with Crippen molar-refractivity contribution in [3.63, 3.8) is 0 Å². The molecular weight excluding hydrogens is 296 g/mol. The molecule has 0 aliphatic rings. The smallest absolute Gasteiger partial charge is 0.350 e. The van der Waals surface area contributed by atoms with E-state index in [0.29, 0.717) is 22.3 Å². The summed E-state index contributed by atoms with van der Waals surface area (Å²) in [6.07, 6.45) is 0. The molecule has 0 saturated heterocycles. The van der Waals surface area contributed by atoms with Gasteiger partial charge in [-0.05, 0) is 32.9 Å². The average molecular weight is 313 g/mol. The van der Waals surface area contributed by atoms with Crippen molar-refractivity contribution in [3.8, 4) is 0 Å². The van der Waals surface area contributed by atoms with Crippen molar-refractivity contribution in [2.75, 3.05) is 11.9 Å². The Hall–Kier alpha value is -1.59. The van der Waals surface area contributed by atoms with Crippen LogP contribution < -0.4 is 5.32 Å². The molecular formula is C14H17ClN2O2S. The maximum Gasteiger partial charge on any atom is 0.350 e. The number of carbonyl (C=O) groups is 1. The van der Waals surface area contributed by atoms with Crippen LogP contribution in [0, 0.1) is 13.8 Å². The van der Waals surface area contributed by atoms with Gasteiger partial charge in [0.05, 0.1) is 12.3 Å². The topological polar surface area (TPSA) is 51.2 Å². The van der Waals surface area contributed by atoms with Gasteiger partial charge >= 0.3 is 5.97 Å². The lowest BCUT2D eigenvalue weighted by Gasteiger charge is -2.02. The van der Waals surface area contributed by atoms with Gasteiger partial charge in [0.1, 0.15) is 4.88 Å². The third kappa shape index (κ3) is 3.95. The monoisotopic (exact) mass is 312 g/mol. The highest BCUT2D eigenvalue weighted by Gasteiger charge is 2.16. The molecule has 0 saturated carbocycles. The minimum absolute atomic E-state index is 0. The summed E-state index contributed by atoms with van der Waals surface area (Å²) in [5, 5.41) is 3.89. The lowest BCUT2D eigenvalue weighted by atomic mass is 10.2. The summed E-state index contributed by atoms with van der Waals surface area (Å²) in [5.74, 6) is -0.311. The molecule has 0 aliphatic carbocycles. The van der Waals surface area contributed by atoms with Crippen LogP contribution in [0.5, 0.6) is 0 Å². The molecule has 1 heterocycles. The van der Waals surface area contributed by atoms with Crippen LogP contribution >= 0.6 is 23.7 Å². The highest BCUT2D eigenvalue weighted by molar-refractivity contribution is 7.17. The third-order valence-corrected chi connectivity index (χ3v) is 3.61. The fraction of sp³-hybridized carbons (Fsp3) is 0.286. The summed E-state index contributed by atoms with van der Waals surface area (Å²) in [7, 11) is 0. The van der Waals surface area contributed by atoms with E-state index in [1.54, 1.807) is 6.92 Å². The number of aromatic nitrogens is 1. The number of anilines is 2. The molecule has 0 fully saturated rings. The number of benzene rings is 1. The van der Waals surface area contributed by atoms with Crippen LogP contribution in [0.2, 0.25) is 0 Å². The Kier molecular flexibility index (Phi) is 5.98. The van der Waals surface area contributed by atoms with E-state index in [2.05, 4.69) is 10.3 Å². The van der Waals surface area contributed by atoms with E-state index in [0.717, 1.165) is 5.69 Å². The average Bonchev–Trinajstić information content (AvgIpc) is 2.74. The fourth-order valence-electron chi connectivity index (χ4n) is 1.60. The lowest BCUT2D eigenvalue weighted by molar-refractivity contribution is 0.0531. The van der Waals surface area contributed by atoms with E-state index in [1.165, 1.54) is 16.9 Å². The second kappa shape index (κ2) is 7.26. The maximum atomic E-state index is 11.7. The van der Waals surface area contributed by atoms with E-state index in [4.69, 9.17) is 4.74 Å². The van der Waals surface area contributed by atoms with Gasteiger partial charge in [0, 0.05) is 5.69 Å². The highest BCUT2D eigenvalue weighted by atomic mass is 35.5. The fourth-order valence-corrected chi connectivity index (χ4v) is 2.48. The molecule has 108 valence electrons. The highest BCUT2D eigenvalue weighted by Crippen LogP contribution is 2.26. The molecule has 0 amide bonds. The minimum Gasteiger partial charge on any atom is -0.462 e. The van der Waals surface area contributed by atoms with Gasteiger partial charge in [0.15, 0.2) is 5.13 Å². The van der Waals surface area contributed by atoms with Crippen molar-refractivity contribution in [3.05, 3.63) is 40.4 Å². The second-order valence-corrected chi connectivity index (χ2v) is 5.14. The van der Waals surface area contributed by atoms with Gasteiger partial charge in [-0.1, -0.05) is 29.0 Å². The predicted octanol–water partition coefficient (Wildman–Crippen LogP) is 4.10. The Morgan fingerprint density at radius 3 is 2.55 bits per heavy atom. The Bertz CT molecular complexity index is 581. The van der Waals surface area contributed by atoms with Gasteiger partial charge in [-0.2, -0.15) is 0 Å². The zero-order valence-corrected chi connectivity index (χ0v) is 13.2. The molecule has 0 spiro atoms. The number of nitrogens with one attached hydrogen (secondary N) is 1. The molecule has 4 nitrogen and oxygen atoms in total. The largest absolute Gasteiger partial charge is 0.462 e. The van der Waals surface area contributed by atoms with E-state index in [9.17, 15) is 4.79 Å². The standard InChI is InChI=1S/C14H16N2O2S.ClH/c1-4-18-13(17)12-10(3)15-14(19-12)16-11-7-5-9(2)6-8-11;/h5-8H,4H2,1-3H3,(H,15,16);1H. The van der Waals surface area contributed by atoms with Gasteiger partial charge in [0.2, 0.25) is 0 Å². The summed E-state index contributed by atoms with van der Waals surface area (Å²) in [6.45, 7) is 6.01. The van der Waals surface area contributed by atoms with Crippen LogP contribution in [0.25, 0.3) is 0 Å². The van der Waals surface area contributed by atoms with Gasteiger partial charge in [-0.15, -0.1) is 12.4 Å². The third-order valence-electron chi connectivity index (χ3n) is 2.56. The first-order chi connectivity index (χ1) is 9.10. The van der Waals surface area contributed by atoms with Crippen molar-refractivity contribution >= 4 is 40.5 Å². The molecule has 2 rings (SSSR count). The number of esters is 1. The number of thiazole rings is 1. The maximum absolute atomic E-state index is 11.7. The molecule has 0 atom stereocenters. The molecule has 0 radical (unpaired) electrons. The van der Waals surface area contributed by atoms with Crippen molar-refractivity contribution in [1.29, 1.82) is 0 Å². The Labute approximate surface area is 128 Å². The molecule has 1 N–H and O–H groups in total. The summed E-state index contributed by atoms with van der Waals surface area (Å²) in [6, 6.07) is 8.01. The van der Waals surface area contributed by atoms with Crippen LogP contribution in [0.4, 0.5) is 10.8 Å². The number of carbonyl (C=O) groups excluding carboxylic acids is 1. The number of nitrogens with zero attached hydrogens (tertiary/aromatic N) is 1. The Balaban J connectivity index is 0.00000200. The van der Waals surface area contributed by atoms with E-state index < -0.39 is 0 Å². The SMILES string of the molecule is CCOC(=O)c1sc(Nc2ccc(C)cc2)nc1C.Cl. The van der Waals surface area contributed by atoms with E-state index >= 15 is 0 Å². The number of ether oxygens (including phenoxy) is 1. The van der Waals surface area contributed by atoms with Crippen LogP contribution in [0.3, 0.4) is 0 Å². The summed E-state index contributed by atoms with van der Waals surface area (Å²) < 4.78 is 4.99. The summed E-state index contributed by atoms with van der Waals surface area (Å²) >= 11 is 1.31. The van der Waals surface area contributed by atoms with E-state index in [-0.39, 0.29) is 18.4 Å². The van der Waals surface area contributed by atoms with Crippen molar-refractivity contribution in [1.82, 2.24) is 4.98 Å². The van der Waals surface area contributed by atoms with Crippen LogP contribution in [0.1, 0.15) is 27.9 Å². The lowest BCUT2D eigenvalue weighted by Crippen LogP contribution is -2.03. The van der Waals surface area contributed by atoms with Gasteiger partial charge < -0.3 is 10.1 Å². The zero-order valence-electron chi connectivity index (χ0n) is 11.6. The molecule has 0 unspecified atom stereocenters.